The van der Waals surface area contributed by atoms with E-state index in [1.807, 2.05) is 6.07 Å². The standard InChI is InChI=1S/C27H44N4O3/c1-33-16-9-17-34-27(23-12-6-3-7-13-23)24-14-8-15-31(21-24)26(20-29-32)30-25(19-28)18-22-10-4-2-5-11-22/h3,6-7,12-13,20,22,24-25,27,32H,2,4-5,8-11,14-19,21,28H2,1H3/t24?,25-,27?/m0/s1. The average Bonchev–Trinajstić information content (AvgIpc) is 2.89. The Hall–Kier alpha value is -1.96. The van der Waals surface area contributed by atoms with Crippen LogP contribution in [0.25, 0.3) is 0 Å². The Bertz CT molecular complexity index is 737. The molecule has 1 saturated heterocycles. The molecule has 0 spiro atoms. The zero-order valence-corrected chi connectivity index (χ0v) is 20.9. The second-order valence-corrected chi connectivity index (χ2v) is 9.76. The largest absolute Gasteiger partial charge is 0.411 e. The molecule has 2 unspecified atom stereocenters. The molecule has 1 heterocycles. The van der Waals surface area contributed by atoms with Crippen molar-refractivity contribution in [1.29, 1.82) is 0 Å². The third-order valence-electron chi connectivity index (χ3n) is 7.22. The topological polar surface area (TPSA) is 92.7 Å². The summed E-state index contributed by atoms with van der Waals surface area (Å²) in [5.74, 6) is 1.77. The van der Waals surface area contributed by atoms with Crippen LogP contribution >= 0.6 is 0 Å². The lowest BCUT2D eigenvalue weighted by atomic mass is 9.85. The highest BCUT2D eigenvalue weighted by atomic mass is 16.5. The molecule has 1 aliphatic heterocycles. The van der Waals surface area contributed by atoms with Gasteiger partial charge in [0.15, 0.2) is 0 Å². The van der Waals surface area contributed by atoms with Crippen LogP contribution in [-0.2, 0) is 9.47 Å². The summed E-state index contributed by atoms with van der Waals surface area (Å²) in [6, 6.07) is 10.6. The third-order valence-corrected chi connectivity index (χ3v) is 7.22. The van der Waals surface area contributed by atoms with Crippen LogP contribution in [0.1, 0.15) is 69.5 Å². The number of ether oxygens (including phenoxy) is 2. The second kappa shape index (κ2) is 15.1. The number of amidine groups is 1. The molecule has 7 nitrogen and oxygen atoms in total. The Morgan fingerprint density at radius 3 is 2.65 bits per heavy atom. The Kier molecular flexibility index (Phi) is 11.8. The maximum atomic E-state index is 9.39. The molecule has 0 aromatic heterocycles. The molecular formula is C27H44N4O3. The van der Waals surface area contributed by atoms with Gasteiger partial charge in [-0.15, -0.1) is 0 Å². The highest BCUT2D eigenvalue weighted by Gasteiger charge is 2.30. The van der Waals surface area contributed by atoms with Gasteiger partial charge in [-0.1, -0.05) is 67.6 Å². The van der Waals surface area contributed by atoms with Gasteiger partial charge in [-0.3, -0.25) is 4.99 Å². The average molecular weight is 473 g/mol. The van der Waals surface area contributed by atoms with Crippen molar-refractivity contribution in [3.63, 3.8) is 0 Å². The summed E-state index contributed by atoms with van der Waals surface area (Å²) < 4.78 is 11.6. The minimum Gasteiger partial charge on any atom is -0.411 e. The van der Waals surface area contributed by atoms with Gasteiger partial charge in [0.2, 0.25) is 0 Å². The van der Waals surface area contributed by atoms with E-state index in [9.17, 15) is 5.21 Å². The van der Waals surface area contributed by atoms with Crippen molar-refractivity contribution in [2.24, 2.45) is 27.7 Å². The van der Waals surface area contributed by atoms with E-state index in [1.165, 1.54) is 43.9 Å². The Labute approximate surface area is 205 Å². The van der Waals surface area contributed by atoms with Crippen molar-refractivity contribution >= 4 is 12.1 Å². The van der Waals surface area contributed by atoms with E-state index in [0.29, 0.717) is 31.6 Å². The van der Waals surface area contributed by atoms with Gasteiger partial charge in [-0.2, -0.15) is 0 Å². The molecular weight excluding hydrogens is 428 g/mol. The predicted molar refractivity (Wildman–Crippen MR) is 138 cm³/mol. The number of oxime groups is 1. The first-order chi connectivity index (χ1) is 16.7. The van der Waals surface area contributed by atoms with Gasteiger partial charge in [0.25, 0.3) is 0 Å². The van der Waals surface area contributed by atoms with Gasteiger partial charge in [0.05, 0.1) is 12.1 Å². The summed E-state index contributed by atoms with van der Waals surface area (Å²) in [6.07, 6.45) is 12.1. The van der Waals surface area contributed by atoms with Crippen molar-refractivity contribution in [1.82, 2.24) is 4.90 Å². The van der Waals surface area contributed by atoms with Gasteiger partial charge in [-0.05, 0) is 37.2 Å². The lowest BCUT2D eigenvalue weighted by molar-refractivity contribution is -0.0139. The van der Waals surface area contributed by atoms with Gasteiger partial charge in [-0.25, -0.2) is 0 Å². The molecule has 2 aliphatic rings. The Morgan fingerprint density at radius 2 is 1.94 bits per heavy atom. The molecule has 1 aliphatic carbocycles. The lowest BCUT2D eigenvalue weighted by Gasteiger charge is -2.38. The summed E-state index contributed by atoms with van der Waals surface area (Å²) in [4.78, 5) is 7.26. The number of aliphatic imine (C=N–C) groups is 1. The number of methoxy groups -OCH3 is 1. The molecule has 0 amide bonds. The third kappa shape index (κ3) is 8.36. The van der Waals surface area contributed by atoms with E-state index in [1.54, 1.807) is 7.11 Å². The molecule has 3 atom stereocenters. The van der Waals surface area contributed by atoms with Crippen LogP contribution in [0.15, 0.2) is 40.5 Å². The van der Waals surface area contributed by atoms with Gasteiger partial charge >= 0.3 is 0 Å². The number of hydrogen-bond donors (Lipinski definition) is 2. The van der Waals surface area contributed by atoms with Crippen molar-refractivity contribution < 1.29 is 14.7 Å². The number of benzene rings is 1. The minimum absolute atomic E-state index is 0.0146. The van der Waals surface area contributed by atoms with Crippen LogP contribution in [0, 0.1) is 11.8 Å². The van der Waals surface area contributed by atoms with E-state index in [0.717, 1.165) is 44.6 Å². The lowest BCUT2D eigenvalue weighted by Crippen LogP contribution is -2.43. The zero-order valence-electron chi connectivity index (χ0n) is 20.9. The Balaban J connectivity index is 1.71. The number of nitrogens with zero attached hydrogens (tertiary/aromatic N) is 3. The normalized spacial score (nSPS) is 22.2. The fourth-order valence-corrected chi connectivity index (χ4v) is 5.47. The van der Waals surface area contributed by atoms with Crippen LogP contribution < -0.4 is 5.73 Å². The van der Waals surface area contributed by atoms with Crippen molar-refractivity contribution in [2.45, 2.75) is 69.9 Å². The molecule has 0 radical (unpaired) electrons. The summed E-state index contributed by atoms with van der Waals surface area (Å²) in [7, 11) is 1.72. The van der Waals surface area contributed by atoms with Crippen LogP contribution in [0.4, 0.5) is 0 Å². The fraction of sp³-hybridized carbons (Fsp3) is 0.704. The number of hydrogen-bond acceptors (Lipinski definition) is 6. The van der Waals surface area contributed by atoms with Gasteiger partial charge in [0.1, 0.15) is 12.1 Å². The first-order valence-corrected chi connectivity index (χ1v) is 13.1. The zero-order chi connectivity index (χ0) is 24.0. The van der Waals surface area contributed by atoms with Crippen LogP contribution in [0.3, 0.4) is 0 Å². The molecule has 1 aromatic rings. The van der Waals surface area contributed by atoms with Gasteiger partial charge < -0.3 is 25.3 Å². The van der Waals surface area contributed by atoms with Crippen LogP contribution in [0.5, 0.6) is 0 Å². The molecule has 3 rings (SSSR count). The quantitative estimate of drug-likeness (QED) is 0.152. The van der Waals surface area contributed by atoms with E-state index < -0.39 is 0 Å². The molecule has 2 fully saturated rings. The second-order valence-electron chi connectivity index (χ2n) is 9.76. The first-order valence-electron chi connectivity index (χ1n) is 13.1. The van der Waals surface area contributed by atoms with Gasteiger partial charge in [0, 0.05) is 45.9 Å². The molecule has 190 valence electrons. The monoisotopic (exact) mass is 472 g/mol. The smallest absolute Gasteiger partial charge is 0.146 e. The maximum absolute atomic E-state index is 9.39. The SMILES string of the molecule is COCCCOC(c1ccccc1)C1CCCN(C(C=NO)=N[C@H](CN)CC2CCCCC2)C1. The molecule has 34 heavy (non-hydrogen) atoms. The summed E-state index contributed by atoms with van der Waals surface area (Å²) >= 11 is 0. The van der Waals surface area contributed by atoms with Crippen LogP contribution in [0.2, 0.25) is 0 Å². The first kappa shape index (κ1) is 26.6. The van der Waals surface area contributed by atoms with Crippen molar-refractivity contribution in [3.05, 3.63) is 35.9 Å². The highest BCUT2D eigenvalue weighted by molar-refractivity contribution is 6.29. The molecule has 1 aromatic carbocycles. The number of nitrogens with two attached hydrogens (primary N) is 1. The summed E-state index contributed by atoms with van der Waals surface area (Å²) in [5, 5.41) is 12.7. The summed E-state index contributed by atoms with van der Waals surface area (Å²) in [6.45, 7) is 3.59. The van der Waals surface area contributed by atoms with E-state index in [4.69, 9.17) is 20.2 Å². The molecule has 1 saturated carbocycles. The number of rotatable bonds is 12. The highest BCUT2D eigenvalue weighted by Crippen LogP contribution is 2.33. The fourth-order valence-electron chi connectivity index (χ4n) is 5.47. The molecule has 0 bridgehead atoms. The van der Waals surface area contributed by atoms with E-state index in [2.05, 4.69) is 34.3 Å². The van der Waals surface area contributed by atoms with Crippen molar-refractivity contribution in [3.8, 4) is 0 Å². The minimum atomic E-state index is 0.0146. The maximum Gasteiger partial charge on any atom is 0.146 e. The predicted octanol–water partition coefficient (Wildman–Crippen LogP) is 4.65. The van der Waals surface area contributed by atoms with Crippen molar-refractivity contribution in [2.75, 3.05) is 40.0 Å². The molecule has 7 heteroatoms. The van der Waals surface area contributed by atoms with E-state index in [-0.39, 0.29) is 12.1 Å². The number of piperidine rings is 1. The molecule has 3 N–H and O–H groups in total. The van der Waals surface area contributed by atoms with E-state index >= 15 is 0 Å². The number of likely N-dealkylation sites (tertiary alicyclic amines) is 1. The Morgan fingerprint density at radius 1 is 1.15 bits per heavy atom. The van der Waals surface area contributed by atoms with Crippen LogP contribution in [-0.4, -0.2) is 68.2 Å². The summed E-state index contributed by atoms with van der Waals surface area (Å²) in [5.41, 5.74) is 7.34.